The second-order valence-corrected chi connectivity index (χ2v) is 12.5. The summed E-state index contributed by atoms with van der Waals surface area (Å²) in [6, 6.07) is 0. The minimum atomic E-state index is -1.97. The van der Waals surface area contributed by atoms with Gasteiger partial charge >= 0.3 is 41.6 Å². The minimum absolute atomic E-state index is 0.0145. The third-order valence-electron chi connectivity index (χ3n) is 8.29. The number of cyclic esters (lactones) is 2. The predicted molar refractivity (Wildman–Crippen MR) is 174 cm³/mol. The molecule has 1 aliphatic carbocycles. The van der Waals surface area contributed by atoms with Gasteiger partial charge in [0.1, 0.15) is 35.3 Å². The number of hydrogen-bond donors (Lipinski definition) is 2. The highest BCUT2D eigenvalue weighted by atomic mass is 16.8. The Labute approximate surface area is 306 Å². The lowest BCUT2D eigenvalue weighted by atomic mass is 9.87. The number of methoxy groups -OCH3 is 1. The average Bonchev–Trinajstić information content (AvgIpc) is 3.04. The maximum Gasteiger partial charge on any atom is 0.349 e. The van der Waals surface area contributed by atoms with Crippen LogP contribution in [0.5, 0.6) is 0 Å². The van der Waals surface area contributed by atoms with E-state index in [4.69, 9.17) is 42.6 Å². The molecule has 0 amide bonds. The maximum absolute atomic E-state index is 12.9. The lowest BCUT2D eigenvalue weighted by Crippen LogP contribution is -2.58. The summed E-state index contributed by atoms with van der Waals surface area (Å²) in [6.45, 7) is 3.56. The summed E-state index contributed by atoms with van der Waals surface area (Å²) in [5, 5.41) is 20.2. The molecule has 2 spiro atoms. The van der Waals surface area contributed by atoms with Gasteiger partial charge in [-0.1, -0.05) is 36.5 Å². The zero-order valence-corrected chi connectivity index (χ0v) is 29.2. The van der Waals surface area contributed by atoms with Gasteiger partial charge in [0.25, 0.3) is 29.3 Å². The summed E-state index contributed by atoms with van der Waals surface area (Å²) in [5.41, 5.74) is -1.67. The van der Waals surface area contributed by atoms with Crippen LogP contribution in [0.4, 0.5) is 0 Å². The highest BCUT2D eigenvalue weighted by molar-refractivity contribution is 6.16. The molecule has 3 fully saturated rings. The molecule has 0 bridgehead atoms. The molecule has 18 nitrogen and oxygen atoms in total. The number of esters is 6. The molecule has 18 heteroatoms. The van der Waals surface area contributed by atoms with Crippen molar-refractivity contribution in [3.8, 4) is 0 Å². The number of aliphatic hydroxyl groups is 2. The van der Waals surface area contributed by atoms with Crippen molar-refractivity contribution >= 4 is 41.6 Å². The molecule has 1 saturated carbocycles. The molecule has 2 saturated heterocycles. The summed E-state index contributed by atoms with van der Waals surface area (Å²) in [6.07, 6.45) is 11.8. The summed E-state index contributed by atoms with van der Waals surface area (Å²) >= 11 is 0. The van der Waals surface area contributed by atoms with E-state index in [-0.39, 0.29) is 31.4 Å². The van der Waals surface area contributed by atoms with Crippen molar-refractivity contribution in [1.29, 1.82) is 0 Å². The fourth-order valence-corrected chi connectivity index (χ4v) is 5.62. The molecule has 5 aliphatic rings. The van der Waals surface area contributed by atoms with Gasteiger partial charge in [0.15, 0.2) is 0 Å². The van der Waals surface area contributed by atoms with Gasteiger partial charge in [-0.05, 0) is 30.7 Å². The van der Waals surface area contributed by atoms with Crippen molar-refractivity contribution in [3.63, 3.8) is 0 Å². The van der Waals surface area contributed by atoms with Crippen LogP contribution >= 0.6 is 0 Å². The number of rotatable bonds is 9. The van der Waals surface area contributed by atoms with Crippen LogP contribution in [0.1, 0.15) is 46.5 Å². The summed E-state index contributed by atoms with van der Waals surface area (Å²) < 4.78 is 47.2. The van der Waals surface area contributed by atoms with Gasteiger partial charge in [-0.15, -0.1) is 0 Å². The van der Waals surface area contributed by atoms with Crippen molar-refractivity contribution in [3.05, 3.63) is 94.9 Å². The first-order valence-electron chi connectivity index (χ1n) is 16.2. The zero-order valence-electron chi connectivity index (χ0n) is 29.2. The summed E-state index contributed by atoms with van der Waals surface area (Å²) in [4.78, 5) is 87.9. The number of aliphatic hydroxyl groups excluding tert-OH is 2. The monoisotopic (exact) mass is 754 g/mol. The Hall–Kier alpha value is -6.43. The molecule has 2 atom stereocenters. The average molecular weight is 755 g/mol. The highest BCUT2D eigenvalue weighted by Crippen LogP contribution is 2.46. The minimum Gasteiger partial charge on any atom is -0.480 e. The number of hydrogen-bond acceptors (Lipinski definition) is 18. The Bertz CT molecular complexity index is 1900. The topological polar surface area (TPSA) is 243 Å². The largest absolute Gasteiger partial charge is 0.480 e. The first kappa shape index (κ1) is 38.8. The van der Waals surface area contributed by atoms with Gasteiger partial charge in [0, 0.05) is 40.7 Å². The van der Waals surface area contributed by atoms with Crippen LogP contribution in [-0.2, 0) is 76.2 Å². The zero-order chi connectivity index (χ0) is 39.5. The van der Waals surface area contributed by atoms with Crippen LogP contribution in [0.15, 0.2) is 94.9 Å². The molecule has 4 heterocycles. The van der Waals surface area contributed by atoms with E-state index in [1.807, 2.05) is 0 Å². The molecule has 4 aliphatic heterocycles. The van der Waals surface area contributed by atoms with E-state index < -0.39 is 99.8 Å². The van der Waals surface area contributed by atoms with Crippen molar-refractivity contribution < 1.29 is 86.4 Å². The second kappa shape index (κ2) is 14.9. The lowest BCUT2D eigenvalue weighted by Gasteiger charge is -2.47. The predicted octanol–water partition coefficient (Wildman–Crippen LogP) is 2.58. The molecular weight excluding hydrogens is 720 g/mol. The van der Waals surface area contributed by atoms with E-state index in [1.165, 1.54) is 63.5 Å². The number of carbonyl (C=O) groups is 7. The molecule has 0 aromatic heterocycles. The van der Waals surface area contributed by atoms with Crippen LogP contribution < -0.4 is 0 Å². The summed E-state index contributed by atoms with van der Waals surface area (Å²) in [7, 11) is 1.36. The van der Waals surface area contributed by atoms with Crippen LogP contribution in [0, 0.1) is 0 Å². The standard InChI is InChI=1S/C36H34O18/c1-20(37)34(3)49-27(40)22(28(41)50-34)13-8-6-10-15-24-31(44)53-36(54-32(24)45)17-11-16-35(18-36)51-29(42)23(30(43)52-35)14-9-5-7-12-21-25(38)47-33(2,19-46-4)48-26(21)39/h5-10,12-15,38,40H,11,16-19H2,1-4H3/b9-5+,10-6?,12-7+,13-8?,23-14?,24-15?. The van der Waals surface area contributed by atoms with Crippen LogP contribution in [0.2, 0.25) is 0 Å². The van der Waals surface area contributed by atoms with E-state index in [2.05, 4.69) is 0 Å². The van der Waals surface area contributed by atoms with Gasteiger partial charge in [0.05, 0.1) is 0 Å². The Balaban J connectivity index is 1.19. The van der Waals surface area contributed by atoms with Gasteiger partial charge in [-0.2, -0.15) is 0 Å². The Morgan fingerprint density at radius 3 is 1.48 bits per heavy atom. The van der Waals surface area contributed by atoms with E-state index >= 15 is 0 Å². The van der Waals surface area contributed by atoms with Crippen molar-refractivity contribution in [2.45, 2.75) is 69.6 Å². The van der Waals surface area contributed by atoms with E-state index in [0.29, 0.717) is 0 Å². The molecule has 2 unspecified atom stereocenters. The molecule has 54 heavy (non-hydrogen) atoms. The fourth-order valence-electron chi connectivity index (χ4n) is 5.62. The maximum atomic E-state index is 12.9. The number of carbonyl (C=O) groups excluding carboxylic acids is 7. The molecule has 2 N–H and O–H groups in total. The van der Waals surface area contributed by atoms with E-state index in [0.717, 1.165) is 25.2 Å². The van der Waals surface area contributed by atoms with Gasteiger partial charge in [-0.3, -0.25) is 4.79 Å². The quantitative estimate of drug-likeness (QED) is 0.113. The number of allylic oxidation sites excluding steroid dienone is 8. The van der Waals surface area contributed by atoms with Crippen molar-refractivity contribution in [2.24, 2.45) is 0 Å². The number of Topliss-reactive ketones (excluding diaryl/α,β-unsaturated/α-hetero) is 1. The molecule has 0 aromatic rings. The Kier molecular flexibility index (Phi) is 10.7. The Morgan fingerprint density at radius 1 is 0.630 bits per heavy atom. The van der Waals surface area contributed by atoms with Gasteiger partial charge < -0.3 is 52.8 Å². The first-order valence-corrected chi connectivity index (χ1v) is 16.2. The van der Waals surface area contributed by atoms with Gasteiger partial charge in [-0.25, -0.2) is 28.8 Å². The molecule has 0 radical (unpaired) electrons. The van der Waals surface area contributed by atoms with Gasteiger partial charge in [0.2, 0.25) is 5.78 Å². The second-order valence-electron chi connectivity index (χ2n) is 12.5. The van der Waals surface area contributed by atoms with Crippen molar-refractivity contribution in [1.82, 2.24) is 0 Å². The lowest BCUT2D eigenvalue weighted by molar-refractivity contribution is -0.306. The summed E-state index contributed by atoms with van der Waals surface area (Å²) in [5.74, 6) is -15.6. The van der Waals surface area contributed by atoms with E-state index in [9.17, 15) is 43.8 Å². The van der Waals surface area contributed by atoms with E-state index in [1.54, 1.807) is 0 Å². The third-order valence-corrected chi connectivity index (χ3v) is 8.29. The number of ketones is 1. The Morgan fingerprint density at radius 2 is 1.07 bits per heavy atom. The first-order chi connectivity index (χ1) is 25.4. The van der Waals surface area contributed by atoms with Crippen LogP contribution in [0.3, 0.4) is 0 Å². The smallest absolute Gasteiger partial charge is 0.349 e. The molecular formula is C36H34O18. The third kappa shape index (κ3) is 8.12. The SMILES string of the molecule is COCC1(C)OC(=O)C(/C=C/C=C/C=C2C(=O)OC3(CCCC4(C3)OC(=O)C(=CC=CC=CC3=C(O)OC(C)(C(C)=O)OC3=O)C(=O)O4)OC2=O)=C(O)O1. The normalized spacial score (nSPS) is 30.4. The molecule has 5 rings (SSSR count). The van der Waals surface area contributed by atoms with Crippen LogP contribution in [0.25, 0.3) is 0 Å². The fraction of sp³-hybridized carbons (Fsp3) is 0.361. The van der Waals surface area contributed by atoms with Crippen molar-refractivity contribution in [2.75, 3.05) is 13.7 Å². The highest BCUT2D eigenvalue weighted by Gasteiger charge is 2.59. The molecule has 286 valence electrons. The van der Waals surface area contributed by atoms with Crippen LogP contribution in [-0.4, -0.2) is 88.7 Å². The number of ether oxygens (including phenoxy) is 9. The molecule has 0 aromatic carbocycles.